The van der Waals surface area contributed by atoms with Crippen LogP contribution in [0.2, 0.25) is 0 Å². The quantitative estimate of drug-likeness (QED) is 0.450. The van der Waals surface area contributed by atoms with Gasteiger partial charge in [0.05, 0.1) is 4.92 Å². The van der Waals surface area contributed by atoms with Gasteiger partial charge in [0.15, 0.2) is 0 Å². The van der Waals surface area contributed by atoms with Gasteiger partial charge in [-0.1, -0.05) is 6.07 Å². The number of rotatable bonds is 7. The van der Waals surface area contributed by atoms with E-state index in [-0.39, 0.29) is 0 Å². The molecule has 0 saturated carbocycles. The van der Waals surface area contributed by atoms with Crippen molar-refractivity contribution in [1.82, 2.24) is 5.32 Å². The molecule has 0 aromatic heterocycles. The van der Waals surface area contributed by atoms with Crippen molar-refractivity contribution in [3.8, 4) is 0 Å². The third-order valence-electron chi connectivity index (χ3n) is 2.24. The summed E-state index contributed by atoms with van der Waals surface area (Å²) in [6.07, 6.45) is 0.867. The SMILES string of the molecule is COCCCNCc1ccc([N+](=O)[O-])c(F)c1. The molecule has 0 fully saturated rings. The minimum atomic E-state index is -0.800. The molecule has 1 N–H and O–H groups in total. The number of halogens is 1. The van der Waals surface area contributed by atoms with Crippen LogP contribution in [-0.4, -0.2) is 25.2 Å². The fourth-order valence-corrected chi connectivity index (χ4v) is 1.38. The molecule has 0 radical (unpaired) electrons. The van der Waals surface area contributed by atoms with Gasteiger partial charge in [-0.3, -0.25) is 10.1 Å². The number of nitrogens with zero attached hydrogens (tertiary/aromatic N) is 1. The highest BCUT2D eigenvalue weighted by Gasteiger charge is 2.13. The van der Waals surface area contributed by atoms with E-state index in [4.69, 9.17) is 4.74 Å². The van der Waals surface area contributed by atoms with Crippen molar-refractivity contribution in [2.24, 2.45) is 0 Å². The smallest absolute Gasteiger partial charge is 0.304 e. The predicted octanol–water partition coefficient (Wildman–Crippen LogP) is 1.86. The van der Waals surface area contributed by atoms with E-state index in [1.54, 1.807) is 13.2 Å². The van der Waals surface area contributed by atoms with Crippen LogP contribution in [0.15, 0.2) is 18.2 Å². The zero-order valence-corrected chi connectivity index (χ0v) is 9.61. The van der Waals surface area contributed by atoms with E-state index in [1.807, 2.05) is 0 Å². The molecular weight excluding hydrogens is 227 g/mol. The fraction of sp³-hybridized carbons (Fsp3) is 0.455. The molecule has 17 heavy (non-hydrogen) atoms. The molecule has 0 amide bonds. The standard InChI is InChI=1S/C11H15FN2O3/c1-17-6-2-5-13-8-9-3-4-11(14(15)16)10(12)7-9/h3-4,7,13H,2,5-6,8H2,1H3. The second-order valence-electron chi connectivity index (χ2n) is 3.57. The number of ether oxygens (including phenoxy) is 1. The molecule has 1 aromatic carbocycles. The number of hydrogen-bond acceptors (Lipinski definition) is 4. The third kappa shape index (κ3) is 4.46. The van der Waals surface area contributed by atoms with E-state index < -0.39 is 16.4 Å². The Morgan fingerprint density at radius 2 is 2.29 bits per heavy atom. The van der Waals surface area contributed by atoms with Crippen LogP contribution in [-0.2, 0) is 11.3 Å². The zero-order chi connectivity index (χ0) is 12.7. The van der Waals surface area contributed by atoms with Gasteiger partial charge in [-0.25, -0.2) is 0 Å². The Morgan fingerprint density at radius 3 is 2.88 bits per heavy atom. The maximum absolute atomic E-state index is 13.2. The van der Waals surface area contributed by atoms with Crippen LogP contribution in [0.4, 0.5) is 10.1 Å². The lowest BCUT2D eigenvalue weighted by molar-refractivity contribution is -0.387. The summed E-state index contributed by atoms with van der Waals surface area (Å²) in [4.78, 5) is 9.67. The van der Waals surface area contributed by atoms with Crippen LogP contribution in [0.25, 0.3) is 0 Å². The van der Waals surface area contributed by atoms with E-state index >= 15 is 0 Å². The monoisotopic (exact) mass is 242 g/mol. The van der Waals surface area contributed by atoms with Crippen molar-refractivity contribution >= 4 is 5.69 Å². The first-order valence-corrected chi connectivity index (χ1v) is 5.27. The Hall–Kier alpha value is -1.53. The minimum Gasteiger partial charge on any atom is -0.385 e. The summed E-state index contributed by atoms with van der Waals surface area (Å²) in [5.41, 5.74) is 0.193. The first-order chi connectivity index (χ1) is 8.15. The summed E-state index contributed by atoms with van der Waals surface area (Å²) < 4.78 is 18.1. The molecule has 6 heteroatoms. The number of nitro groups is 1. The molecule has 0 aliphatic rings. The Morgan fingerprint density at radius 1 is 1.53 bits per heavy atom. The molecule has 5 nitrogen and oxygen atoms in total. The lowest BCUT2D eigenvalue weighted by atomic mass is 10.2. The molecule has 0 saturated heterocycles. The third-order valence-corrected chi connectivity index (χ3v) is 2.24. The fourth-order valence-electron chi connectivity index (χ4n) is 1.38. The predicted molar refractivity (Wildman–Crippen MR) is 61.3 cm³/mol. The largest absolute Gasteiger partial charge is 0.385 e. The minimum absolute atomic E-state index is 0.485. The highest BCUT2D eigenvalue weighted by molar-refractivity contribution is 5.34. The average Bonchev–Trinajstić information content (AvgIpc) is 2.28. The summed E-state index contributed by atoms with van der Waals surface area (Å²) in [7, 11) is 1.63. The summed E-state index contributed by atoms with van der Waals surface area (Å²) in [5, 5.41) is 13.5. The van der Waals surface area contributed by atoms with E-state index in [2.05, 4.69) is 5.32 Å². The van der Waals surface area contributed by atoms with Crippen LogP contribution in [0.1, 0.15) is 12.0 Å². The van der Waals surface area contributed by atoms with Crippen molar-refractivity contribution < 1.29 is 14.1 Å². The lowest BCUT2D eigenvalue weighted by Crippen LogP contribution is -2.16. The highest BCUT2D eigenvalue weighted by atomic mass is 19.1. The van der Waals surface area contributed by atoms with Gasteiger partial charge in [0.1, 0.15) is 0 Å². The van der Waals surface area contributed by atoms with E-state index in [0.717, 1.165) is 13.0 Å². The van der Waals surface area contributed by atoms with E-state index in [9.17, 15) is 14.5 Å². The van der Waals surface area contributed by atoms with Gasteiger partial charge < -0.3 is 10.1 Å². The van der Waals surface area contributed by atoms with Crippen molar-refractivity contribution in [2.75, 3.05) is 20.3 Å². The Kier molecular flexibility index (Phi) is 5.51. The number of nitrogens with one attached hydrogen (secondary N) is 1. The number of benzene rings is 1. The van der Waals surface area contributed by atoms with Gasteiger partial charge in [0.25, 0.3) is 0 Å². The van der Waals surface area contributed by atoms with Gasteiger partial charge in [0.2, 0.25) is 5.82 Å². The van der Waals surface area contributed by atoms with Gasteiger partial charge in [-0.15, -0.1) is 0 Å². The summed E-state index contributed by atoms with van der Waals surface area (Å²) in [6, 6.07) is 3.91. The van der Waals surface area contributed by atoms with E-state index in [0.29, 0.717) is 18.7 Å². The number of nitro benzene ring substituents is 1. The van der Waals surface area contributed by atoms with Gasteiger partial charge in [0, 0.05) is 26.3 Å². The Balaban J connectivity index is 2.45. The van der Waals surface area contributed by atoms with Gasteiger partial charge >= 0.3 is 5.69 Å². The molecule has 0 spiro atoms. The van der Waals surface area contributed by atoms with Crippen molar-refractivity contribution in [1.29, 1.82) is 0 Å². The van der Waals surface area contributed by atoms with Crippen LogP contribution >= 0.6 is 0 Å². The molecular formula is C11H15FN2O3. The molecule has 0 bridgehead atoms. The van der Waals surface area contributed by atoms with E-state index in [1.165, 1.54) is 12.1 Å². The zero-order valence-electron chi connectivity index (χ0n) is 9.61. The van der Waals surface area contributed by atoms with Gasteiger partial charge in [-0.2, -0.15) is 4.39 Å². The first-order valence-electron chi connectivity index (χ1n) is 5.27. The second kappa shape index (κ2) is 6.93. The summed E-state index contributed by atoms with van der Waals surface area (Å²) >= 11 is 0. The summed E-state index contributed by atoms with van der Waals surface area (Å²) in [5.74, 6) is -0.800. The molecule has 0 atom stereocenters. The maximum atomic E-state index is 13.2. The normalized spacial score (nSPS) is 10.5. The van der Waals surface area contributed by atoms with Gasteiger partial charge in [-0.05, 0) is 24.6 Å². The van der Waals surface area contributed by atoms with Crippen molar-refractivity contribution in [3.05, 3.63) is 39.7 Å². The molecule has 0 heterocycles. The topological polar surface area (TPSA) is 64.4 Å². The number of hydrogen-bond donors (Lipinski definition) is 1. The number of methoxy groups -OCH3 is 1. The molecule has 0 aliphatic heterocycles. The Bertz CT molecular complexity index is 385. The van der Waals surface area contributed by atoms with Crippen LogP contribution in [0.3, 0.4) is 0 Å². The van der Waals surface area contributed by atoms with Crippen molar-refractivity contribution in [2.45, 2.75) is 13.0 Å². The lowest BCUT2D eigenvalue weighted by Gasteiger charge is -2.04. The maximum Gasteiger partial charge on any atom is 0.304 e. The molecule has 0 aliphatic carbocycles. The molecule has 94 valence electrons. The van der Waals surface area contributed by atoms with Crippen LogP contribution in [0.5, 0.6) is 0 Å². The Labute approximate surface area is 98.7 Å². The summed E-state index contributed by atoms with van der Waals surface area (Å²) in [6.45, 7) is 1.91. The molecule has 1 aromatic rings. The second-order valence-corrected chi connectivity index (χ2v) is 3.57. The molecule has 0 unspecified atom stereocenters. The highest BCUT2D eigenvalue weighted by Crippen LogP contribution is 2.17. The van der Waals surface area contributed by atoms with Crippen LogP contribution in [0, 0.1) is 15.9 Å². The average molecular weight is 242 g/mol. The first kappa shape index (κ1) is 13.5. The van der Waals surface area contributed by atoms with Crippen LogP contribution < -0.4 is 5.32 Å². The van der Waals surface area contributed by atoms with Crippen molar-refractivity contribution in [3.63, 3.8) is 0 Å². The molecule has 1 rings (SSSR count).